The van der Waals surface area contributed by atoms with Crippen LogP contribution in [-0.2, 0) is 6.42 Å². The first-order valence-electron chi connectivity index (χ1n) is 10.8. The van der Waals surface area contributed by atoms with Gasteiger partial charge in [0.25, 0.3) is 5.91 Å². The van der Waals surface area contributed by atoms with Crippen LogP contribution in [0, 0.1) is 0 Å². The van der Waals surface area contributed by atoms with Gasteiger partial charge in [-0.2, -0.15) is 0 Å². The molecule has 0 saturated carbocycles. The fourth-order valence-corrected chi connectivity index (χ4v) is 4.55. The number of benzene rings is 2. The Morgan fingerprint density at radius 3 is 2.41 bits per heavy atom. The average Bonchev–Trinajstić information content (AvgIpc) is 2.75. The van der Waals surface area contributed by atoms with Crippen LogP contribution in [-0.4, -0.2) is 67.2 Å². The number of carbonyl (C=O) groups excluding carboxylic acids is 1. The molecule has 2 atom stereocenters. The highest BCUT2D eigenvalue weighted by Gasteiger charge is 2.28. The summed E-state index contributed by atoms with van der Waals surface area (Å²) < 4.78 is 0. The lowest BCUT2D eigenvalue weighted by Crippen LogP contribution is -2.55. The van der Waals surface area contributed by atoms with Crippen LogP contribution in [0.15, 0.2) is 54.6 Å². The van der Waals surface area contributed by atoms with Crippen molar-refractivity contribution in [2.45, 2.75) is 32.5 Å². The van der Waals surface area contributed by atoms with E-state index < -0.39 is 0 Å². The van der Waals surface area contributed by atoms with Gasteiger partial charge in [-0.15, -0.1) is 0 Å². The zero-order valence-electron chi connectivity index (χ0n) is 17.6. The number of carbonyl (C=O) groups is 1. The molecule has 2 aliphatic rings. The summed E-state index contributed by atoms with van der Waals surface area (Å²) in [6.45, 7) is 10.8. The molecule has 0 aromatic heterocycles. The van der Waals surface area contributed by atoms with Crippen molar-refractivity contribution in [2.75, 3.05) is 44.2 Å². The molecule has 1 saturated heterocycles. The average molecular weight is 393 g/mol. The van der Waals surface area contributed by atoms with E-state index in [0.717, 1.165) is 56.9 Å². The molecule has 1 fully saturated rings. The van der Waals surface area contributed by atoms with E-state index in [0.29, 0.717) is 6.04 Å². The summed E-state index contributed by atoms with van der Waals surface area (Å²) in [5.74, 6) is 0.0327. The third kappa shape index (κ3) is 4.62. The molecule has 2 aromatic carbocycles. The van der Waals surface area contributed by atoms with Gasteiger partial charge in [-0.25, -0.2) is 0 Å². The molecule has 2 aromatic rings. The second-order valence-corrected chi connectivity index (χ2v) is 8.28. The molecule has 5 heteroatoms. The molecule has 0 aliphatic carbocycles. The lowest BCUT2D eigenvalue weighted by Gasteiger charge is -2.41. The zero-order valence-corrected chi connectivity index (χ0v) is 17.6. The molecule has 29 heavy (non-hydrogen) atoms. The predicted molar refractivity (Wildman–Crippen MR) is 118 cm³/mol. The molecular weight excluding hydrogens is 360 g/mol. The molecule has 4 rings (SSSR count). The monoisotopic (exact) mass is 392 g/mol. The normalized spacial score (nSPS) is 21.5. The van der Waals surface area contributed by atoms with Gasteiger partial charge in [0.2, 0.25) is 0 Å². The Morgan fingerprint density at radius 1 is 0.966 bits per heavy atom. The van der Waals surface area contributed by atoms with Crippen molar-refractivity contribution < 1.29 is 4.79 Å². The number of para-hydroxylation sites is 1. The van der Waals surface area contributed by atoms with Gasteiger partial charge in [0, 0.05) is 45.3 Å². The predicted octanol–water partition coefficient (Wildman–Crippen LogP) is 2.83. The summed E-state index contributed by atoms with van der Waals surface area (Å²) in [5.41, 5.74) is 3.26. The van der Waals surface area contributed by atoms with Gasteiger partial charge in [-0.05, 0) is 38.0 Å². The minimum atomic E-state index is 0.0320. The summed E-state index contributed by atoms with van der Waals surface area (Å²) in [6.07, 6.45) is 1.15. The molecule has 2 unspecified atom stereocenters. The number of rotatable bonds is 6. The number of piperazine rings is 1. The number of anilines is 1. The van der Waals surface area contributed by atoms with Gasteiger partial charge in [0.1, 0.15) is 0 Å². The summed E-state index contributed by atoms with van der Waals surface area (Å²) >= 11 is 0. The second kappa shape index (κ2) is 8.97. The standard InChI is InChI=1S/C24H32N4O/c1-19(18-21-8-4-3-5-9-21)27-15-12-26(13-16-27)14-17-28-20(2)25-24(29)22-10-6-7-11-23(22)28/h3-11,19-20H,12-18H2,1-2H3,(H,25,29). The largest absolute Gasteiger partial charge is 0.350 e. The summed E-state index contributed by atoms with van der Waals surface area (Å²) in [7, 11) is 0. The van der Waals surface area contributed by atoms with Crippen molar-refractivity contribution in [3.05, 3.63) is 65.7 Å². The highest BCUT2D eigenvalue weighted by molar-refractivity contribution is 6.01. The summed E-state index contributed by atoms with van der Waals surface area (Å²) in [5, 5.41) is 3.08. The fourth-order valence-electron chi connectivity index (χ4n) is 4.55. The molecular formula is C24H32N4O. The quantitative estimate of drug-likeness (QED) is 0.821. The van der Waals surface area contributed by atoms with E-state index >= 15 is 0 Å². The Kier molecular flexibility index (Phi) is 6.16. The van der Waals surface area contributed by atoms with Crippen molar-refractivity contribution in [3.8, 4) is 0 Å². The van der Waals surface area contributed by atoms with Crippen LogP contribution in [0.4, 0.5) is 5.69 Å². The van der Waals surface area contributed by atoms with Crippen molar-refractivity contribution in [2.24, 2.45) is 0 Å². The van der Waals surface area contributed by atoms with Gasteiger partial charge in [-0.1, -0.05) is 42.5 Å². The van der Waals surface area contributed by atoms with Crippen LogP contribution >= 0.6 is 0 Å². The van der Waals surface area contributed by atoms with Crippen LogP contribution in [0.25, 0.3) is 0 Å². The van der Waals surface area contributed by atoms with E-state index in [1.165, 1.54) is 5.56 Å². The number of fused-ring (bicyclic) bond motifs is 1. The highest BCUT2D eigenvalue weighted by Crippen LogP contribution is 2.25. The van der Waals surface area contributed by atoms with E-state index in [1.807, 2.05) is 18.2 Å². The van der Waals surface area contributed by atoms with Crippen LogP contribution in [0.1, 0.15) is 29.8 Å². The topological polar surface area (TPSA) is 38.8 Å². The Labute approximate surface area is 174 Å². The maximum atomic E-state index is 12.2. The summed E-state index contributed by atoms with van der Waals surface area (Å²) in [4.78, 5) is 19.7. The first-order valence-corrected chi connectivity index (χ1v) is 10.8. The number of hydrogen-bond donors (Lipinski definition) is 1. The number of amides is 1. The lowest BCUT2D eigenvalue weighted by molar-refractivity contribution is 0.0923. The van der Waals surface area contributed by atoms with E-state index in [4.69, 9.17) is 0 Å². The van der Waals surface area contributed by atoms with Gasteiger partial charge in [0.05, 0.1) is 17.4 Å². The Balaban J connectivity index is 1.28. The minimum absolute atomic E-state index is 0.0320. The minimum Gasteiger partial charge on any atom is -0.350 e. The molecule has 2 heterocycles. The van der Waals surface area contributed by atoms with Gasteiger partial charge in [-0.3, -0.25) is 14.6 Å². The van der Waals surface area contributed by atoms with Crippen molar-refractivity contribution >= 4 is 11.6 Å². The van der Waals surface area contributed by atoms with Gasteiger partial charge < -0.3 is 10.2 Å². The lowest BCUT2D eigenvalue weighted by atomic mass is 10.1. The van der Waals surface area contributed by atoms with Crippen molar-refractivity contribution in [1.29, 1.82) is 0 Å². The molecule has 5 nitrogen and oxygen atoms in total. The summed E-state index contributed by atoms with van der Waals surface area (Å²) in [6, 6.07) is 19.3. The van der Waals surface area contributed by atoms with Gasteiger partial charge >= 0.3 is 0 Å². The third-order valence-corrected chi connectivity index (χ3v) is 6.33. The second-order valence-electron chi connectivity index (χ2n) is 8.28. The molecule has 0 bridgehead atoms. The van der Waals surface area contributed by atoms with Crippen LogP contribution < -0.4 is 10.2 Å². The van der Waals surface area contributed by atoms with Crippen LogP contribution in [0.2, 0.25) is 0 Å². The van der Waals surface area contributed by atoms with Crippen LogP contribution in [0.3, 0.4) is 0 Å². The maximum Gasteiger partial charge on any atom is 0.254 e. The fraction of sp³-hybridized carbons (Fsp3) is 0.458. The van der Waals surface area contributed by atoms with Gasteiger partial charge in [0.15, 0.2) is 0 Å². The van der Waals surface area contributed by atoms with E-state index in [9.17, 15) is 4.79 Å². The smallest absolute Gasteiger partial charge is 0.254 e. The van der Waals surface area contributed by atoms with Crippen LogP contribution in [0.5, 0.6) is 0 Å². The first kappa shape index (κ1) is 19.9. The van der Waals surface area contributed by atoms with Crippen molar-refractivity contribution in [1.82, 2.24) is 15.1 Å². The number of nitrogens with zero attached hydrogens (tertiary/aromatic N) is 3. The molecule has 154 valence electrons. The van der Waals surface area contributed by atoms with E-state index in [-0.39, 0.29) is 12.1 Å². The molecule has 0 spiro atoms. The maximum absolute atomic E-state index is 12.2. The molecule has 2 aliphatic heterocycles. The first-order chi connectivity index (χ1) is 14.1. The number of nitrogens with one attached hydrogen (secondary N) is 1. The van der Waals surface area contributed by atoms with E-state index in [1.54, 1.807) is 0 Å². The molecule has 0 radical (unpaired) electrons. The molecule has 1 N–H and O–H groups in total. The Hall–Kier alpha value is -2.37. The third-order valence-electron chi connectivity index (χ3n) is 6.33. The Bertz CT molecular complexity index is 817. The zero-order chi connectivity index (χ0) is 20.2. The number of hydrogen-bond acceptors (Lipinski definition) is 4. The van der Waals surface area contributed by atoms with Crippen molar-refractivity contribution in [3.63, 3.8) is 0 Å². The Morgan fingerprint density at radius 2 is 1.66 bits per heavy atom. The molecule has 1 amide bonds. The SMILES string of the molecule is CC(Cc1ccccc1)N1CCN(CCN2c3ccccc3C(=O)NC2C)CC1. The van der Waals surface area contributed by atoms with E-state index in [2.05, 4.69) is 70.3 Å². The highest BCUT2D eigenvalue weighted by atomic mass is 16.2.